The number of halogens is 1. The molecular formula is C22H22ClN3O3S. The number of anilines is 1. The van der Waals surface area contributed by atoms with Crippen LogP contribution in [0.5, 0.6) is 0 Å². The van der Waals surface area contributed by atoms with E-state index in [0.29, 0.717) is 29.2 Å². The summed E-state index contributed by atoms with van der Waals surface area (Å²) in [5.74, 6) is -0.400. The van der Waals surface area contributed by atoms with Gasteiger partial charge in [0.2, 0.25) is 0 Å². The number of aromatic nitrogens is 1. The minimum absolute atomic E-state index is 0. The number of amides is 1. The third kappa shape index (κ3) is 4.23. The lowest BCUT2D eigenvalue weighted by Crippen LogP contribution is -2.38. The highest BCUT2D eigenvalue weighted by Crippen LogP contribution is 2.31. The summed E-state index contributed by atoms with van der Waals surface area (Å²) in [6.45, 7) is 3.05. The van der Waals surface area contributed by atoms with Crippen LogP contribution in [0.1, 0.15) is 15.9 Å². The molecule has 6 nitrogen and oxygen atoms in total. The van der Waals surface area contributed by atoms with Crippen molar-refractivity contribution in [2.45, 2.75) is 6.92 Å². The van der Waals surface area contributed by atoms with Gasteiger partial charge in [-0.2, -0.15) is 0 Å². The van der Waals surface area contributed by atoms with Crippen LogP contribution in [0.15, 0.2) is 57.7 Å². The normalized spacial score (nSPS) is 11.1. The van der Waals surface area contributed by atoms with Crippen LogP contribution in [0.3, 0.4) is 0 Å². The number of carbonyl (C=O) groups is 1. The van der Waals surface area contributed by atoms with Gasteiger partial charge in [-0.1, -0.05) is 41.7 Å². The Bertz CT molecular complexity index is 1270. The molecule has 0 aliphatic heterocycles. The predicted octanol–water partition coefficient (Wildman–Crippen LogP) is 4.34. The van der Waals surface area contributed by atoms with E-state index in [4.69, 9.17) is 9.40 Å². The van der Waals surface area contributed by atoms with Gasteiger partial charge in [0, 0.05) is 18.5 Å². The molecular weight excluding hydrogens is 422 g/mol. The Hall–Kier alpha value is -2.74. The van der Waals surface area contributed by atoms with Crippen molar-refractivity contribution in [2.24, 2.45) is 0 Å². The molecule has 8 heteroatoms. The molecule has 2 heterocycles. The zero-order valence-corrected chi connectivity index (χ0v) is 18.5. The fourth-order valence-corrected chi connectivity index (χ4v) is 4.20. The van der Waals surface area contributed by atoms with Gasteiger partial charge in [0.25, 0.3) is 5.91 Å². The number of hydrogen-bond acceptors (Lipinski definition) is 6. The van der Waals surface area contributed by atoms with E-state index in [2.05, 4.69) is 0 Å². The van der Waals surface area contributed by atoms with E-state index in [1.54, 1.807) is 23.1 Å². The predicted molar refractivity (Wildman–Crippen MR) is 124 cm³/mol. The second-order valence-corrected chi connectivity index (χ2v) is 8.17. The first-order valence-corrected chi connectivity index (χ1v) is 10.1. The van der Waals surface area contributed by atoms with Crippen LogP contribution in [0.4, 0.5) is 5.13 Å². The Morgan fingerprint density at radius 1 is 1.10 bits per heavy atom. The molecule has 156 valence electrons. The topological polar surface area (TPSA) is 66.7 Å². The number of thiazole rings is 1. The van der Waals surface area contributed by atoms with Crippen molar-refractivity contribution in [1.82, 2.24) is 9.88 Å². The van der Waals surface area contributed by atoms with E-state index >= 15 is 0 Å². The van der Waals surface area contributed by atoms with Gasteiger partial charge >= 0.3 is 5.63 Å². The van der Waals surface area contributed by atoms with Gasteiger partial charge in [-0.15, -0.1) is 12.4 Å². The fourth-order valence-electron chi connectivity index (χ4n) is 3.13. The molecule has 0 spiro atoms. The molecule has 0 saturated carbocycles. The lowest BCUT2D eigenvalue weighted by Gasteiger charge is -2.21. The molecule has 0 bridgehead atoms. The number of fused-ring (bicyclic) bond motifs is 2. The largest absolute Gasteiger partial charge is 0.422 e. The van der Waals surface area contributed by atoms with Crippen LogP contribution in [-0.4, -0.2) is 43.0 Å². The number of nitrogens with zero attached hydrogens (tertiary/aromatic N) is 3. The lowest BCUT2D eigenvalue weighted by atomic mass is 10.1. The Morgan fingerprint density at radius 2 is 1.87 bits per heavy atom. The first kappa shape index (κ1) is 22.0. The van der Waals surface area contributed by atoms with E-state index in [1.807, 2.05) is 56.3 Å². The van der Waals surface area contributed by atoms with Gasteiger partial charge in [0.05, 0.1) is 10.2 Å². The van der Waals surface area contributed by atoms with Gasteiger partial charge in [-0.3, -0.25) is 9.69 Å². The number of para-hydroxylation sites is 2. The molecule has 30 heavy (non-hydrogen) atoms. The summed E-state index contributed by atoms with van der Waals surface area (Å²) < 4.78 is 6.38. The second kappa shape index (κ2) is 8.95. The molecule has 0 fully saturated rings. The average molecular weight is 444 g/mol. The van der Waals surface area contributed by atoms with Gasteiger partial charge < -0.3 is 9.32 Å². The Kier molecular flexibility index (Phi) is 6.55. The molecule has 0 N–H and O–H groups in total. The van der Waals surface area contributed by atoms with Crippen molar-refractivity contribution < 1.29 is 9.21 Å². The second-order valence-electron chi connectivity index (χ2n) is 7.16. The SMILES string of the molecule is Cc1cccc2sc(N(CCN(C)C)C(=O)c3cc4ccccc4oc3=O)nc12.Cl. The zero-order valence-electron chi connectivity index (χ0n) is 16.9. The molecule has 1 amide bonds. The summed E-state index contributed by atoms with van der Waals surface area (Å²) >= 11 is 1.45. The number of hydrogen-bond donors (Lipinski definition) is 0. The molecule has 0 saturated heterocycles. The van der Waals surface area contributed by atoms with Gasteiger partial charge in [-0.25, -0.2) is 9.78 Å². The van der Waals surface area contributed by atoms with Crippen LogP contribution < -0.4 is 10.5 Å². The molecule has 2 aromatic heterocycles. The molecule has 0 unspecified atom stereocenters. The van der Waals surface area contributed by atoms with Crippen LogP contribution in [-0.2, 0) is 0 Å². The van der Waals surface area contributed by atoms with Crippen molar-refractivity contribution in [3.05, 3.63) is 70.1 Å². The summed E-state index contributed by atoms with van der Waals surface area (Å²) in [5, 5.41) is 1.29. The van der Waals surface area contributed by atoms with Crippen LogP contribution in [0.2, 0.25) is 0 Å². The van der Waals surface area contributed by atoms with E-state index in [-0.39, 0.29) is 18.0 Å². The van der Waals surface area contributed by atoms with Gasteiger partial charge in [-0.05, 0) is 44.8 Å². The quantitative estimate of drug-likeness (QED) is 0.429. The lowest BCUT2D eigenvalue weighted by molar-refractivity contribution is 0.0982. The smallest absolute Gasteiger partial charge is 0.349 e. The first-order chi connectivity index (χ1) is 13.9. The molecule has 2 aromatic carbocycles. The fraction of sp³-hybridized carbons (Fsp3) is 0.227. The Balaban J connectivity index is 0.00000256. The summed E-state index contributed by atoms with van der Waals surface area (Å²) in [6, 6.07) is 14.7. The summed E-state index contributed by atoms with van der Waals surface area (Å²) in [6.07, 6.45) is 0. The molecule has 0 atom stereocenters. The molecule has 0 radical (unpaired) electrons. The van der Waals surface area contributed by atoms with Crippen molar-refractivity contribution in [1.29, 1.82) is 0 Å². The van der Waals surface area contributed by atoms with E-state index in [0.717, 1.165) is 15.8 Å². The summed E-state index contributed by atoms with van der Waals surface area (Å²) in [4.78, 5) is 34.2. The zero-order chi connectivity index (χ0) is 20.5. The third-order valence-electron chi connectivity index (χ3n) is 4.73. The van der Waals surface area contributed by atoms with Crippen molar-refractivity contribution in [3.8, 4) is 0 Å². The number of rotatable bonds is 5. The molecule has 0 aliphatic rings. The standard InChI is InChI=1S/C22H21N3O3S.ClH/c1-14-7-6-10-18-19(14)23-22(29-18)25(12-11-24(2)3)20(26)16-13-15-8-4-5-9-17(15)28-21(16)27;/h4-10,13H,11-12H2,1-3H3;1H. The molecule has 4 aromatic rings. The highest BCUT2D eigenvalue weighted by atomic mass is 35.5. The maximum Gasteiger partial charge on any atom is 0.349 e. The number of benzene rings is 2. The summed E-state index contributed by atoms with van der Waals surface area (Å²) in [7, 11) is 3.88. The van der Waals surface area contributed by atoms with E-state index in [9.17, 15) is 9.59 Å². The highest BCUT2D eigenvalue weighted by Gasteiger charge is 2.25. The number of carbonyl (C=O) groups excluding carboxylic acids is 1. The van der Waals surface area contributed by atoms with E-state index < -0.39 is 11.5 Å². The Morgan fingerprint density at radius 3 is 2.60 bits per heavy atom. The van der Waals surface area contributed by atoms with Crippen LogP contribution >= 0.6 is 23.7 Å². The number of aryl methyl sites for hydroxylation is 1. The molecule has 0 aliphatic carbocycles. The summed E-state index contributed by atoms with van der Waals surface area (Å²) in [5.41, 5.74) is 1.76. The van der Waals surface area contributed by atoms with Gasteiger partial charge in [0.1, 0.15) is 11.1 Å². The van der Waals surface area contributed by atoms with Crippen molar-refractivity contribution >= 4 is 56.0 Å². The van der Waals surface area contributed by atoms with Crippen LogP contribution in [0.25, 0.3) is 21.2 Å². The van der Waals surface area contributed by atoms with Crippen molar-refractivity contribution in [2.75, 3.05) is 32.1 Å². The Labute approximate surface area is 184 Å². The minimum atomic E-state index is -0.638. The maximum absolute atomic E-state index is 13.4. The minimum Gasteiger partial charge on any atom is -0.422 e. The van der Waals surface area contributed by atoms with E-state index in [1.165, 1.54) is 11.3 Å². The third-order valence-corrected chi connectivity index (χ3v) is 5.77. The monoisotopic (exact) mass is 443 g/mol. The number of likely N-dealkylation sites (N-methyl/N-ethyl adjacent to an activating group) is 1. The van der Waals surface area contributed by atoms with Gasteiger partial charge in [0.15, 0.2) is 5.13 Å². The van der Waals surface area contributed by atoms with Crippen molar-refractivity contribution in [3.63, 3.8) is 0 Å². The highest BCUT2D eigenvalue weighted by molar-refractivity contribution is 7.22. The average Bonchev–Trinajstić information content (AvgIpc) is 3.12. The van der Waals surface area contributed by atoms with Crippen LogP contribution in [0, 0.1) is 6.92 Å². The first-order valence-electron chi connectivity index (χ1n) is 9.29. The molecule has 4 rings (SSSR count). The maximum atomic E-state index is 13.4.